The molecule has 0 spiro atoms. The van der Waals surface area contributed by atoms with E-state index in [0.29, 0.717) is 22.2 Å². The number of nitrogens with zero attached hydrogens (tertiary/aromatic N) is 2. The first-order valence-corrected chi connectivity index (χ1v) is 10.6. The van der Waals surface area contributed by atoms with E-state index >= 15 is 0 Å². The maximum absolute atomic E-state index is 12.6. The van der Waals surface area contributed by atoms with Gasteiger partial charge in [-0.3, -0.25) is 14.9 Å². The molecule has 1 aromatic heterocycles. The lowest BCUT2D eigenvalue weighted by Crippen LogP contribution is -2.30. The summed E-state index contributed by atoms with van der Waals surface area (Å²) in [5, 5.41) is 15.0. The molecule has 4 rings (SSSR count). The van der Waals surface area contributed by atoms with Gasteiger partial charge in [0.2, 0.25) is 0 Å². The average Bonchev–Trinajstić information content (AvgIpc) is 3.27. The van der Waals surface area contributed by atoms with Crippen molar-refractivity contribution in [2.24, 2.45) is 0 Å². The Labute approximate surface area is 184 Å². The standard InChI is InChI=1S/C23H22ClN3O4/c24-18-7-4-16(5-8-18)22-11-9-19(31-22)15-25-23(28)17-6-10-20(21(14-17)27(29)30)26-12-2-1-3-13-26/h4-11,14H,1-3,12-13,15H2,(H,25,28). The highest BCUT2D eigenvalue weighted by atomic mass is 35.5. The first-order valence-electron chi connectivity index (χ1n) is 10.2. The summed E-state index contributed by atoms with van der Waals surface area (Å²) >= 11 is 5.91. The molecule has 1 N–H and O–H groups in total. The van der Waals surface area contributed by atoms with Crippen LogP contribution in [0.4, 0.5) is 11.4 Å². The van der Waals surface area contributed by atoms with Gasteiger partial charge in [0.1, 0.15) is 17.2 Å². The van der Waals surface area contributed by atoms with Gasteiger partial charge in [-0.1, -0.05) is 11.6 Å². The number of carbonyl (C=O) groups excluding carboxylic acids is 1. The van der Waals surface area contributed by atoms with Crippen LogP contribution in [0.15, 0.2) is 59.0 Å². The predicted molar refractivity (Wildman–Crippen MR) is 119 cm³/mol. The van der Waals surface area contributed by atoms with Crippen molar-refractivity contribution in [2.75, 3.05) is 18.0 Å². The fraction of sp³-hybridized carbons (Fsp3) is 0.261. The van der Waals surface area contributed by atoms with Gasteiger partial charge in [-0.2, -0.15) is 0 Å². The van der Waals surface area contributed by atoms with Crippen LogP contribution in [-0.4, -0.2) is 23.9 Å². The molecule has 31 heavy (non-hydrogen) atoms. The van der Waals surface area contributed by atoms with Gasteiger partial charge in [-0.05, 0) is 67.8 Å². The molecule has 0 saturated carbocycles. The number of benzene rings is 2. The Morgan fingerprint density at radius 3 is 2.52 bits per heavy atom. The Morgan fingerprint density at radius 1 is 1.06 bits per heavy atom. The predicted octanol–water partition coefficient (Wildman–Crippen LogP) is 5.43. The van der Waals surface area contributed by atoms with Crippen LogP contribution in [0, 0.1) is 10.1 Å². The van der Waals surface area contributed by atoms with Crippen LogP contribution in [0.1, 0.15) is 35.4 Å². The Bertz CT molecular complexity index is 1090. The van der Waals surface area contributed by atoms with Gasteiger partial charge in [0.05, 0.1) is 11.5 Å². The number of rotatable bonds is 6. The second kappa shape index (κ2) is 9.22. The number of halogens is 1. The number of hydrogen-bond acceptors (Lipinski definition) is 5. The Balaban J connectivity index is 1.44. The van der Waals surface area contributed by atoms with Gasteiger partial charge in [-0.25, -0.2) is 0 Å². The van der Waals surface area contributed by atoms with Crippen LogP contribution in [0.25, 0.3) is 11.3 Å². The lowest BCUT2D eigenvalue weighted by atomic mass is 10.1. The van der Waals surface area contributed by atoms with Gasteiger partial charge in [0.15, 0.2) is 0 Å². The molecule has 3 aromatic rings. The quantitative estimate of drug-likeness (QED) is 0.408. The van der Waals surface area contributed by atoms with Crippen molar-refractivity contribution in [3.8, 4) is 11.3 Å². The molecule has 0 radical (unpaired) electrons. The second-order valence-corrected chi connectivity index (χ2v) is 7.90. The Morgan fingerprint density at radius 2 is 1.81 bits per heavy atom. The molecule has 2 aromatic carbocycles. The van der Waals surface area contributed by atoms with E-state index in [2.05, 4.69) is 5.32 Å². The van der Waals surface area contributed by atoms with Gasteiger partial charge < -0.3 is 14.6 Å². The van der Waals surface area contributed by atoms with E-state index in [-0.39, 0.29) is 17.8 Å². The molecule has 2 heterocycles. The molecular formula is C23H22ClN3O4. The highest BCUT2D eigenvalue weighted by Gasteiger charge is 2.23. The summed E-state index contributed by atoms with van der Waals surface area (Å²) in [6.07, 6.45) is 3.17. The zero-order chi connectivity index (χ0) is 21.8. The molecular weight excluding hydrogens is 418 g/mol. The van der Waals surface area contributed by atoms with Crippen LogP contribution >= 0.6 is 11.6 Å². The zero-order valence-corrected chi connectivity index (χ0v) is 17.6. The number of nitrogens with one attached hydrogen (secondary N) is 1. The summed E-state index contributed by atoms with van der Waals surface area (Å²) in [6.45, 7) is 1.76. The summed E-state index contributed by atoms with van der Waals surface area (Å²) in [4.78, 5) is 25.8. The minimum absolute atomic E-state index is 0.0439. The maximum Gasteiger partial charge on any atom is 0.293 e. The topological polar surface area (TPSA) is 88.6 Å². The molecule has 7 nitrogen and oxygen atoms in total. The molecule has 1 aliphatic heterocycles. The van der Waals surface area contributed by atoms with E-state index in [9.17, 15) is 14.9 Å². The SMILES string of the molecule is O=C(NCc1ccc(-c2ccc(Cl)cc2)o1)c1ccc(N2CCCCC2)c([N+](=O)[O-])c1. The van der Waals surface area contributed by atoms with Crippen molar-refractivity contribution in [2.45, 2.75) is 25.8 Å². The van der Waals surface area contributed by atoms with Gasteiger partial charge in [-0.15, -0.1) is 0 Å². The van der Waals surface area contributed by atoms with E-state index < -0.39 is 10.8 Å². The third-order valence-electron chi connectivity index (χ3n) is 5.34. The number of furan rings is 1. The van der Waals surface area contributed by atoms with Crippen LogP contribution in [-0.2, 0) is 6.54 Å². The fourth-order valence-corrected chi connectivity index (χ4v) is 3.85. The van der Waals surface area contributed by atoms with Crippen molar-refractivity contribution < 1.29 is 14.1 Å². The molecule has 0 unspecified atom stereocenters. The third kappa shape index (κ3) is 4.88. The van der Waals surface area contributed by atoms with E-state index in [0.717, 1.165) is 37.9 Å². The number of amides is 1. The molecule has 0 atom stereocenters. The molecule has 8 heteroatoms. The van der Waals surface area contributed by atoms with Crippen LogP contribution in [0.2, 0.25) is 5.02 Å². The largest absolute Gasteiger partial charge is 0.459 e. The van der Waals surface area contributed by atoms with Crippen LogP contribution in [0.5, 0.6) is 0 Å². The zero-order valence-electron chi connectivity index (χ0n) is 16.8. The fourth-order valence-electron chi connectivity index (χ4n) is 3.72. The second-order valence-electron chi connectivity index (χ2n) is 7.46. The number of anilines is 1. The minimum atomic E-state index is -0.425. The highest BCUT2D eigenvalue weighted by Crippen LogP contribution is 2.31. The first kappa shape index (κ1) is 20.9. The number of nitro benzene ring substituents is 1. The normalized spacial score (nSPS) is 13.8. The van der Waals surface area contributed by atoms with E-state index in [1.807, 2.05) is 23.1 Å². The summed E-state index contributed by atoms with van der Waals surface area (Å²) in [6, 6.07) is 15.5. The molecule has 1 saturated heterocycles. The minimum Gasteiger partial charge on any atom is -0.459 e. The smallest absolute Gasteiger partial charge is 0.293 e. The molecule has 0 aliphatic carbocycles. The van der Waals surface area contributed by atoms with Crippen molar-refractivity contribution in [3.63, 3.8) is 0 Å². The highest BCUT2D eigenvalue weighted by molar-refractivity contribution is 6.30. The monoisotopic (exact) mass is 439 g/mol. The number of nitro groups is 1. The first-order chi connectivity index (χ1) is 15.0. The third-order valence-corrected chi connectivity index (χ3v) is 5.60. The van der Waals surface area contributed by atoms with Crippen molar-refractivity contribution in [3.05, 3.63) is 81.1 Å². The summed E-state index contributed by atoms with van der Waals surface area (Å²) in [7, 11) is 0. The number of hydrogen-bond donors (Lipinski definition) is 1. The number of carbonyl (C=O) groups is 1. The van der Waals surface area contributed by atoms with Crippen molar-refractivity contribution in [1.29, 1.82) is 0 Å². The average molecular weight is 440 g/mol. The Hall–Kier alpha value is -3.32. The Kier molecular flexibility index (Phi) is 6.23. The van der Waals surface area contributed by atoms with Crippen molar-refractivity contribution in [1.82, 2.24) is 5.32 Å². The number of piperidine rings is 1. The van der Waals surface area contributed by atoms with E-state index in [4.69, 9.17) is 16.0 Å². The summed E-state index contributed by atoms with van der Waals surface area (Å²) < 4.78 is 5.78. The van der Waals surface area contributed by atoms with Crippen molar-refractivity contribution >= 4 is 28.9 Å². The van der Waals surface area contributed by atoms with E-state index in [1.165, 1.54) is 6.07 Å². The maximum atomic E-state index is 12.6. The van der Waals surface area contributed by atoms with Gasteiger partial charge in [0.25, 0.3) is 11.6 Å². The van der Waals surface area contributed by atoms with Gasteiger partial charge >= 0.3 is 0 Å². The molecule has 1 aliphatic rings. The molecule has 0 bridgehead atoms. The van der Waals surface area contributed by atoms with Crippen LogP contribution < -0.4 is 10.2 Å². The van der Waals surface area contributed by atoms with Gasteiger partial charge in [0, 0.05) is 35.3 Å². The van der Waals surface area contributed by atoms with E-state index in [1.54, 1.807) is 30.3 Å². The molecule has 1 amide bonds. The van der Waals surface area contributed by atoms with Crippen LogP contribution in [0.3, 0.4) is 0 Å². The summed E-state index contributed by atoms with van der Waals surface area (Å²) in [5.74, 6) is 0.859. The molecule has 160 valence electrons. The lowest BCUT2D eigenvalue weighted by Gasteiger charge is -2.28. The lowest BCUT2D eigenvalue weighted by molar-refractivity contribution is -0.384. The molecule has 1 fully saturated rings. The summed E-state index contributed by atoms with van der Waals surface area (Å²) in [5.41, 5.74) is 1.65.